The minimum Gasteiger partial charge on any atom is -0.480 e. The lowest BCUT2D eigenvalue weighted by Gasteiger charge is -2.13. The summed E-state index contributed by atoms with van der Waals surface area (Å²) in [4.78, 5) is 37.6. The SMILES string of the molecule is CSc1ncccc1C(=O)N[C@@H](CC(N)=O)C(=O)O. The molecule has 0 aromatic carbocycles. The molecule has 19 heavy (non-hydrogen) atoms. The van der Waals surface area contributed by atoms with E-state index in [2.05, 4.69) is 10.3 Å². The first kappa shape index (κ1) is 15.0. The number of nitrogens with two attached hydrogens (primary N) is 1. The van der Waals surface area contributed by atoms with Crippen molar-refractivity contribution in [1.82, 2.24) is 10.3 Å². The van der Waals surface area contributed by atoms with Crippen molar-refractivity contribution in [3.63, 3.8) is 0 Å². The number of nitrogens with zero attached hydrogens (tertiary/aromatic N) is 1. The summed E-state index contributed by atoms with van der Waals surface area (Å²) in [5.74, 6) is -2.73. The van der Waals surface area contributed by atoms with E-state index in [9.17, 15) is 14.4 Å². The van der Waals surface area contributed by atoms with E-state index in [1.54, 1.807) is 12.3 Å². The number of hydrogen-bond donors (Lipinski definition) is 3. The number of primary amides is 1. The first-order valence-corrected chi connectivity index (χ1v) is 6.49. The van der Waals surface area contributed by atoms with Gasteiger partial charge in [0.25, 0.3) is 5.91 Å². The van der Waals surface area contributed by atoms with Crippen molar-refractivity contribution in [3.8, 4) is 0 Å². The topological polar surface area (TPSA) is 122 Å². The van der Waals surface area contributed by atoms with Crippen LogP contribution in [0, 0.1) is 0 Å². The summed E-state index contributed by atoms with van der Waals surface area (Å²) in [6, 6.07) is 1.75. The van der Waals surface area contributed by atoms with Crippen LogP contribution in [0.5, 0.6) is 0 Å². The van der Waals surface area contributed by atoms with Crippen molar-refractivity contribution in [2.24, 2.45) is 5.73 Å². The Bertz CT molecular complexity index is 506. The summed E-state index contributed by atoms with van der Waals surface area (Å²) in [5.41, 5.74) is 5.19. The van der Waals surface area contributed by atoms with Gasteiger partial charge in [-0.25, -0.2) is 9.78 Å². The van der Waals surface area contributed by atoms with Crippen LogP contribution >= 0.6 is 11.8 Å². The molecule has 0 aliphatic heterocycles. The highest BCUT2D eigenvalue weighted by molar-refractivity contribution is 7.98. The zero-order chi connectivity index (χ0) is 14.4. The van der Waals surface area contributed by atoms with Crippen LogP contribution in [-0.4, -0.2) is 40.2 Å². The van der Waals surface area contributed by atoms with E-state index in [1.165, 1.54) is 24.0 Å². The Morgan fingerprint density at radius 3 is 2.74 bits per heavy atom. The number of carbonyl (C=O) groups excluding carboxylic acids is 2. The number of carboxylic acid groups (broad SMARTS) is 1. The molecule has 1 aromatic heterocycles. The lowest BCUT2D eigenvalue weighted by molar-refractivity contribution is -0.140. The molecule has 0 radical (unpaired) electrons. The average Bonchev–Trinajstić information content (AvgIpc) is 2.37. The fourth-order valence-electron chi connectivity index (χ4n) is 1.36. The number of nitrogens with one attached hydrogen (secondary N) is 1. The van der Waals surface area contributed by atoms with Crippen LogP contribution in [0.25, 0.3) is 0 Å². The van der Waals surface area contributed by atoms with Crippen LogP contribution in [0.3, 0.4) is 0 Å². The zero-order valence-corrected chi connectivity index (χ0v) is 10.9. The summed E-state index contributed by atoms with van der Waals surface area (Å²) in [6.07, 6.45) is 2.81. The predicted molar refractivity (Wildman–Crippen MR) is 68.7 cm³/mol. The van der Waals surface area contributed by atoms with Gasteiger partial charge in [0.05, 0.1) is 12.0 Å². The summed E-state index contributed by atoms with van der Waals surface area (Å²) in [6.45, 7) is 0. The first-order chi connectivity index (χ1) is 8.95. The van der Waals surface area contributed by atoms with E-state index >= 15 is 0 Å². The second-order valence-electron chi connectivity index (χ2n) is 3.59. The molecule has 1 rings (SSSR count). The van der Waals surface area contributed by atoms with E-state index in [-0.39, 0.29) is 5.56 Å². The fraction of sp³-hybridized carbons (Fsp3) is 0.273. The summed E-state index contributed by atoms with van der Waals surface area (Å²) >= 11 is 1.26. The Hall–Kier alpha value is -2.09. The van der Waals surface area contributed by atoms with Crippen LogP contribution < -0.4 is 11.1 Å². The van der Waals surface area contributed by atoms with Gasteiger partial charge in [0, 0.05) is 6.20 Å². The molecule has 0 spiro atoms. The standard InChI is InChI=1S/C11H13N3O4S/c1-19-10-6(3-2-4-13-10)9(16)14-7(11(17)18)5-8(12)15/h2-4,7H,5H2,1H3,(H2,12,15)(H,14,16)(H,17,18)/t7-/m0/s1. The lowest BCUT2D eigenvalue weighted by atomic mass is 10.2. The van der Waals surface area contributed by atoms with Crippen molar-refractivity contribution in [1.29, 1.82) is 0 Å². The quantitative estimate of drug-likeness (QED) is 0.625. The van der Waals surface area contributed by atoms with Gasteiger partial charge in [0.15, 0.2) is 0 Å². The second-order valence-corrected chi connectivity index (χ2v) is 4.39. The van der Waals surface area contributed by atoms with Gasteiger partial charge < -0.3 is 16.2 Å². The number of carbonyl (C=O) groups is 3. The summed E-state index contributed by atoms with van der Waals surface area (Å²) in [7, 11) is 0. The maximum absolute atomic E-state index is 11.9. The number of aromatic nitrogens is 1. The average molecular weight is 283 g/mol. The number of carboxylic acids is 1. The molecule has 0 aliphatic rings. The smallest absolute Gasteiger partial charge is 0.326 e. The van der Waals surface area contributed by atoms with Crippen molar-refractivity contribution in [2.75, 3.05) is 6.26 Å². The largest absolute Gasteiger partial charge is 0.480 e. The second kappa shape index (κ2) is 6.74. The highest BCUT2D eigenvalue weighted by atomic mass is 32.2. The number of pyridine rings is 1. The molecule has 0 saturated heterocycles. The van der Waals surface area contributed by atoms with Crippen LogP contribution in [0.1, 0.15) is 16.8 Å². The molecule has 0 fully saturated rings. The molecule has 0 aliphatic carbocycles. The molecular formula is C11H13N3O4S. The molecule has 0 unspecified atom stereocenters. The monoisotopic (exact) mass is 283 g/mol. The summed E-state index contributed by atoms with van der Waals surface area (Å²) < 4.78 is 0. The van der Waals surface area contributed by atoms with Gasteiger partial charge in [0.2, 0.25) is 5.91 Å². The highest BCUT2D eigenvalue weighted by Gasteiger charge is 2.23. The number of rotatable bonds is 6. The molecule has 4 N–H and O–H groups in total. The van der Waals surface area contributed by atoms with Gasteiger partial charge in [0.1, 0.15) is 11.1 Å². The minimum atomic E-state index is -1.35. The molecule has 0 bridgehead atoms. The minimum absolute atomic E-state index is 0.255. The number of aliphatic carboxylic acids is 1. The first-order valence-electron chi connectivity index (χ1n) is 5.26. The highest BCUT2D eigenvalue weighted by Crippen LogP contribution is 2.16. The fourth-order valence-corrected chi connectivity index (χ4v) is 1.91. The van der Waals surface area contributed by atoms with E-state index in [4.69, 9.17) is 10.8 Å². The van der Waals surface area contributed by atoms with Crippen LogP contribution in [0.15, 0.2) is 23.4 Å². The molecule has 102 valence electrons. The molecule has 7 nitrogen and oxygen atoms in total. The van der Waals surface area contributed by atoms with E-state index in [1.807, 2.05) is 0 Å². The molecule has 1 heterocycles. The van der Waals surface area contributed by atoms with Crippen molar-refractivity contribution >= 4 is 29.5 Å². The molecule has 0 saturated carbocycles. The molecule has 2 amide bonds. The maximum Gasteiger partial charge on any atom is 0.326 e. The molecule has 1 atom stereocenters. The van der Waals surface area contributed by atoms with Gasteiger partial charge in [-0.2, -0.15) is 0 Å². The van der Waals surface area contributed by atoms with Crippen LogP contribution in [-0.2, 0) is 9.59 Å². The number of hydrogen-bond acceptors (Lipinski definition) is 5. The van der Waals surface area contributed by atoms with Crippen LogP contribution in [0.2, 0.25) is 0 Å². The van der Waals surface area contributed by atoms with Crippen molar-refractivity contribution < 1.29 is 19.5 Å². The van der Waals surface area contributed by atoms with E-state index < -0.39 is 30.2 Å². The summed E-state index contributed by atoms with van der Waals surface area (Å²) in [5, 5.41) is 11.6. The Kier molecular flexibility index (Phi) is 5.31. The van der Waals surface area contributed by atoms with Gasteiger partial charge in [-0.05, 0) is 18.4 Å². The zero-order valence-electron chi connectivity index (χ0n) is 10.1. The molecule has 1 aromatic rings. The Balaban J connectivity index is 2.87. The van der Waals surface area contributed by atoms with E-state index in [0.29, 0.717) is 5.03 Å². The number of amides is 2. The Labute approximate surface area is 113 Å². The molecule has 8 heteroatoms. The maximum atomic E-state index is 11.9. The van der Waals surface area contributed by atoms with Gasteiger partial charge in [-0.15, -0.1) is 11.8 Å². The third-order valence-corrected chi connectivity index (χ3v) is 2.93. The van der Waals surface area contributed by atoms with Gasteiger partial charge >= 0.3 is 5.97 Å². The predicted octanol–water partition coefficient (Wildman–Crippen LogP) is -0.138. The Morgan fingerprint density at radius 2 is 2.21 bits per heavy atom. The van der Waals surface area contributed by atoms with Crippen molar-refractivity contribution in [3.05, 3.63) is 23.9 Å². The van der Waals surface area contributed by atoms with E-state index in [0.717, 1.165) is 0 Å². The number of thioether (sulfide) groups is 1. The van der Waals surface area contributed by atoms with Gasteiger partial charge in [-0.3, -0.25) is 9.59 Å². The lowest BCUT2D eigenvalue weighted by Crippen LogP contribution is -2.43. The molecular weight excluding hydrogens is 270 g/mol. The van der Waals surface area contributed by atoms with Crippen LogP contribution in [0.4, 0.5) is 0 Å². The van der Waals surface area contributed by atoms with Gasteiger partial charge in [-0.1, -0.05) is 0 Å². The van der Waals surface area contributed by atoms with Crippen molar-refractivity contribution in [2.45, 2.75) is 17.5 Å². The third kappa shape index (κ3) is 4.25. The Morgan fingerprint density at radius 1 is 1.53 bits per heavy atom. The third-order valence-electron chi connectivity index (χ3n) is 2.22. The normalized spacial score (nSPS) is 11.6.